The van der Waals surface area contributed by atoms with Crippen molar-refractivity contribution < 1.29 is 9.53 Å². The summed E-state index contributed by atoms with van der Waals surface area (Å²) < 4.78 is 5.56. The van der Waals surface area contributed by atoms with E-state index in [2.05, 4.69) is 43.5 Å². The number of methoxy groups -OCH3 is 1. The number of carbonyl (C=O) groups is 1. The van der Waals surface area contributed by atoms with Gasteiger partial charge in [-0.05, 0) is 63.4 Å². The molecule has 1 saturated heterocycles. The molecule has 1 amide bonds. The number of piperidine rings is 1. The fraction of sp³-hybridized carbons (Fsp3) is 0.588. The molecule has 4 nitrogen and oxygen atoms in total. The van der Waals surface area contributed by atoms with Gasteiger partial charge in [0.25, 0.3) is 5.91 Å². The normalized spacial score (nSPS) is 16.7. The highest BCUT2D eigenvalue weighted by atomic mass is 35.5. The van der Waals surface area contributed by atoms with Gasteiger partial charge < -0.3 is 15.4 Å². The highest BCUT2D eigenvalue weighted by Crippen LogP contribution is 2.23. The summed E-state index contributed by atoms with van der Waals surface area (Å²) in [6.45, 7) is 8.50. The van der Waals surface area contributed by atoms with Gasteiger partial charge in [-0.25, -0.2) is 0 Å². The van der Waals surface area contributed by atoms with Crippen LogP contribution in [0.1, 0.15) is 35.1 Å². The van der Waals surface area contributed by atoms with Crippen molar-refractivity contribution in [2.75, 3.05) is 20.2 Å². The van der Waals surface area contributed by atoms with E-state index < -0.39 is 5.60 Å². The van der Waals surface area contributed by atoms with Crippen molar-refractivity contribution >= 4 is 18.3 Å². The van der Waals surface area contributed by atoms with Crippen LogP contribution in [0.25, 0.3) is 0 Å². The zero-order chi connectivity index (χ0) is 15.5. The predicted molar refractivity (Wildman–Crippen MR) is 91.6 cm³/mol. The second kappa shape index (κ2) is 7.95. The number of ether oxygens (including phenoxy) is 1. The first-order valence-electron chi connectivity index (χ1n) is 7.59. The van der Waals surface area contributed by atoms with Crippen LogP contribution >= 0.6 is 12.4 Å². The second-order valence-corrected chi connectivity index (χ2v) is 6.01. The number of halogens is 1. The lowest BCUT2D eigenvalue weighted by Gasteiger charge is -2.34. The summed E-state index contributed by atoms with van der Waals surface area (Å²) in [5.41, 5.74) is 4.24. The second-order valence-electron chi connectivity index (χ2n) is 6.01. The van der Waals surface area contributed by atoms with Gasteiger partial charge in [0, 0.05) is 13.7 Å². The van der Waals surface area contributed by atoms with Crippen LogP contribution in [0.5, 0.6) is 0 Å². The molecule has 0 aliphatic carbocycles. The molecule has 124 valence electrons. The maximum atomic E-state index is 12.6. The van der Waals surface area contributed by atoms with E-state index in [4.69, 9.17) is 4.74 Å². The number of hydrogen-bond acceptors (Lipinski definition) is 3. The summed E-state index contributed by atoms with van der Waals surface area (Å²) in [4.78, 5) is 12.6. The van der Waals surface area contributed by atoms with E-state index >= 15 is 0 Å². The van der Waals surface area contributed by atoms with E-state index in [1.165, 1.54) is 22.3 Å². The summed E-state index contributed by atoms with van der Waals surface area (Å²) in [6, 6.07) is 4.32. The largest absolute Gasteiger partial charge is 0.368 e. The van der Waals surface area contributed by atoms with Crippen LogP contribution in [0, 0.1) is 20.8 Å². The maximum absolute atomic E-state index is 12.6. The van der Waals surface area contributed by atoms with Crippen molar-refractivity contribution in [1.82, 2.24) is 10.6 Å². The van der Waals surface area contributed by atoms with Gasteiger partial charge in [-0.15, -0.1) is 12.4 Å². The molecular weight excluding hydrogens is 300 g/mol. The standard InChI is InChI=1S/C17H26N2O2.ClH/c1-12-9-13(2)15(14(3)10-12)11-19-16(20)17(21-4)5-7-18-8-6-17;/h9-10,18H,5-8,11H2,1-4H3,(H,19,20);1H. The van der Waals surface area contributed by atoms with Gasteiger partial charge in [0.1, 0.15) is 5.60 Å². The molecule has 0 spiro atoms. The Morgan fingerprint density at radius 1 is 1.23 bits per heavy atom. The molecule has 0 unspecified atom stereocenters. The molecule has 22 heavy (non-hydrogen) atoms. The van der Waals surface area contributed by atoms with Crippen molar-refractivity contribution in [2.24, 2.45) is 0 Å². The van der Waals surface area contributed by atoms with Crippen LogP contribution < -0.4 is 10.6 Å². The summed E-state index contributed by atoms with van der Waals surface area (Å²) in [5.74, 6) is 0.00544. The topological polar surface area (TPSA) is 50.4 Å². The highest BCUT2D eigenvalue weighted by Gasteiger charge is 2.39. The van der Waals surface area contributed by atoms with Gasteiger partial charge in [-0.3, -0.25) is 4.79 Å². The number of rotatable bonds is 4. The van der Waals surface area contributed by atoms with E-state index in [0.717, 1.165) is 25.9 Å². The quantitative estimate of drug-likeness (QED) is 0.893. The minimum Gasteiger partial charge on any atom is -0.368 e. The Morgan fingerprint density at radius 2 is 1.77 bits per heavy atom. The van der Waals surface area contributed by atoms with Gasteiger partial charge in [0.15, 0.2) is 0 Å². The summed E-state index contributed by atoms with van der Waals surface area (Å²) in [6.07, 6.45) is 1.45. The van der Waals surface area contributed by atoms with E-state index in [1.54, 1.807) is 7.11 Å². The van der Waals surface area contributed by atoms with Crippen LogP contribution in [0.15, 0.2) is 12.1 Å². The molecule has 1 aliphatic heterocycles. The Balaban J connectivity index is 0.00000242. The zero-order valence-electron chi connectivity index (χ0n) is 13.9. The number of nitrogens with one attached hydrogen (secondary N) is 2. The van der Waals surface area contributed by atoms with E-state index in [-0.39, 0.29) is 18.3 Å². The van der Waals surface area contributed by atoms with Crippen LogP contribution in [0.3, 0.4) is 0 Å². The average Bonchev–Trinajstić information content (AvgIpc) is 2.46. The van der Waals surface area contributed by atoms with Crippen molar-refractivity contribution in [2.45, 2.75) is 45.8 Å². The summed E-state index contributed by atoms with van der Waals surface area (Å²) in [5, 5.41) is 6.34. The number of benzene rings is 1. The van der Waals surface area contributed by atoms with Crippen molar-refractivity contribution in [3.05, 3.63) is 34.4 Å². The molecule has 1 aromatic carbocycles. The number of hydrogen-bond donors (Lipinski definition) is 2. The molecule has 0 atom stereocenters. The molecule has 0 radical (unpaired) electrons. The average molecular weight is 327 g/mol. The van der Waals surface area contributed by atoms with Crippen LogP contribution in [-0.4, -0.2) is 31.7 Å². The first-order chi connectivity index (χ1) is 9.98. The lowest BCUT2D eigenvalue weighted by molar-refractivity contribution is -0.146. The smallest absolute Gasteiger partial charge is 0.252 e. The zero-order valence-corrected chi connectivity index (χ0v) is 14.7. The fourth-order valence-electron chi connectivity index (χ4n) is 3.17. The van der Waals surface area contributed by atoms with Gasteiger partial charge in [-0.1, -0.05) is 17.7 Å². The molecule has 2 rings (SSSR count). The lowest BCUT2D eigenvalue weighted by atomic mass is 9.91. The van der Waals surface area contributed by atoms with Crippen molar-refractivity contribution in [3.8, 4) is 0 Å². The Kier molecular flexibility index (Phi) is 6.85. The SMILES string of the molecule is COC1(C(=O)NCc2c(C)cc(C)cc2C)CCNCC1.Cl. The Bertz CT molecular complexity index is 502. The number of carbonyl (C=O) groups excluding carboxylic acids is 1. The maximum Gasteiger partial charge on any atom is 0.252 e. The summed E-state index contributed by atoms with van der Waals surface area (Å²) in [7, 11) is 1.63. The number of aryl methyl sites for hydroxylation is 3. The molecule has 1 aliphatic rings. The van der Waals surface area contributed by atoms with Crippen molar-refractivity contribution in [1.29, 1.82) is 0 Å². The fourth-order valence-corrected chi connectivity index (χ4v) is 3.17. The van der Waals surface area contributed by atoms with E-state index in [1.807, 2.05) is 0 Å². The van der Waals surface area contributed by atoms with Gasteiger partial charge in [-0.2, -0.15) is 0 Å². The first kappa shape index (κ1) is 18.9. The molecule has 0 saturated carbocycles. The molecule has 0 aromatic heterocycles. The minimum atomic E-state index is -0.669. The molecule has 5 heteroatoms. The minimum absolute atomic E-state index is 0. The van der Waals surface area contributed by atoms with E-state index in [9.17, 15) is 4.79 Å². The molecule has 1 heterocycles. The predicted octanol–water partition coefficient (Wildman–Crippen LogP) is 2.42. The molecule has 1 aromatic rings. The third-order valence-electron chi connectivity index (χ3n) is 4.48. The van der Waals surface area contributed by atoms with Crippen LogP contribution in [0.2, 0.25) is 0 Å². The van der Waals surface area contributed by atoms with Gasteiger partial charge in [0.2, 0.25) is 0 Å². The van der Waals surface area contributed by atoms with Crippen LogP contribution in [-0.2, 0) is 16.1 Å². The summed E-state index contributed by atoms with van der Waals surface area (Å²) >= 11 is 0. The lowest BCUT2D eigenvalue weighted by Crippen LogP contribution is -2.54. The third kappa shape index (κ3) is 4.00. The molecule has 0 bridgehead atoms. The van der Waals surface area contributed by atoms with E-state index in [0.29, 0.717) is 6.54 Å². The van der Waals surface area contributed by atoms with Gasteiger partial charge >= 0.3 is 0 Å². The first-order valence-corrected chi connectivity index (χ1v) is 7.59. The molecule has 1 fully saturated rings. The number of amides is 1. The monoisotopic (exact) mass is 326 g/mol. The molecular formula is C17H27ClN2O2. The van der Waals surface area contributed by atoms with Crippen LogP contribution in [0.4, 0.5) is 0 Å². The third-order valence-corrected chi connectivity index (χ3v) is 4.48. The van der Waals surface area contributed by atoms with Crippen molar-refractivity contribution in [3.63, 3.8) is 0 Å². The Labute approximate surface area is 139 Å². The molecule has 2 N–H and O–H groups in total. The van der Waals surface area contributed by atoms with Gasteiger partial charge in [0.05, 0.1) is 0 Å². The Morgan fingerprint density at radius 3 is 2.27 bits per heavy atom. The highest BCUT2D eigenvalue weighted by molar-refractivity contribution is 5.85. The Hall–Kier alpha value is -1.10.